The monoisotopic (exact) mass is 368 g/mol. The van der Waals surface area contributed by atoms with Crippen molar-refractivity contribution < 1.29 is 24.0 Å². The quantitative estimate of drug-likeness (QED) is 0.475. The zero-order chi connectivity index (χ0) is 19.2. The van der Waals surface area contributed by atoms with E-state index in [1.54, 1.807) is 4.57 Å². The van der Waals surface area contributed by atoms with E-state index in [1.807, 2.05) is 72.5 Å². The molecule has 0 saturated heterocycles. The maximum Gasteiger partial charge on any atom is 0.331 e. The third-order valence-corrected chi connectivity index (χ3v) is 4.22. The van der Waals surface area contributed by atoms with Gasteiger partial charge in [0.15, 0.2) is 23.6 Å². The molecule has 0 radical (unpaired) electrons. The molecule has 0 aliphatic rings. The number of aliphatic hydroxyl groups excluding tert-OH is 1. The van der Waals surface area contributed by atoms with Gasteiger partial charge in [-0.2, -0.15) is 0 Å². The Morgan fingerprint density at radius 2 is 1.85 bits per heavy atom. The van der Waals surface area contributed by atoms with Gasteiger partial charge < -0.3 is 15.2 Å². The highest BCUT2D eigenvalue weighted by Gasteiger charge is 2.23. The third kappa shape index (κ3) is 4.51. The molecule has 3 rings (SSSR count). The van der Waals surface area contributed by atoms with Crippen molar-refractivity contribution >= 4 is 22.9 Å². The number of nitrogens with one attached hydrogen (secondary N) is 1. The van der Waals surface area contributed by atoms with E-state index in [2.05, 4.69) is 5.32 Å². The van der Waals surface area contributed by atoms with Gasteiger partial charge in [0.05, 0.1) is 13.7 Å². The van der Waals surface area contributed by atoms with Crippen molar-refractivity contribution in [3.63, 3.8) is 0 Å². The molecule has 0 unspecified atom stereocenters. The van der Waals surface area contributed by atoms with Crippen LogP contribution in [0, 0.1) is 0 Å². The molecule has 140 valence electrons. The highest BCUT2D eigenvalue weighted by atomic mass is 16.5. The summed E-state index contributed by atoms with van der Waals surface area (Å²) < 4.78 is 8.89. The first-order valence-corrected chi connectivity index (χ1v) is 8.63. The van der Waals surface area contributed by atoms with E-state index in [-0.39, 0.29) is 19.1 Å². The lowest BCUT2D eigenvalue weighted by Crippen LogP contribution is -2.45. The fraction of sp³-hybridized carbons (Fsp3) is 0.250. The Balaban J connectivity index is 1.60. The molecule has 2 N–H and O–H groups in total. The molecule has 7 heteroatoms. The third-order valence-electron chi connectivity index (χ3n) is 4.22. The molecule has 0 bridgehead atoms. The van der Waals surface area contributed by atoms with Gasteiger partial charge in [-0.1, -0.05) is 42.5 Å². The van der Waals surface area contributed by atoms with Gasteiger partial charge in [0.2, 0.25) is 6.33 Å². The summed E-state index contributed by atoms with van der Waals surface area (Å²) >= 11 is 0. The van der Waals surface area contributed by atoms with Crippen molar-refractivity contribution in [1.82, 2.24) is 9.88 Å². The largest absolute Gasteiger partial charge is 0.459 e. The summed E-state index contributed by atoms with van der Waals surface area (Å²) in [5, 5.41) is 12.0. The van der Waals surface area contributed by atoms with Crippen molar-refractivity contribution in [2.24, 2.45) is 7.05 Å². The molecule has 1 atom stereocenters. The first-order valence-electron chi connectivity index (χ1n) is 8.63. The standard InChI is InChI=1S/C20H21N3O4/c1-22-14-23(18-10-6-5-9-17(18)22)11-19(25)21-16(12-24)20(26)27-13-15-7-3-2-4-8-15/h2-10,14,16,24H,11-13H2,1H3/p+1/t16-/m0/s1. The molecule has 2 aromatic carbocycles. The molecule has 0 saturated carbocycles. The zero-order valence-corrected chi connectivity index (χ0v) is 15.0. The molecule has 0 aliphatic carbocycles. The zero-order valence-electron chi connectivity index (χ0n) is 15.0. The number of rotatable bonds is 7. The lowest BCUT2D eigenvalue weighted by molar-refractivity contribution is -0.645. The number of para-hydroxylation sites is 2. The van der Waals surface area contributed by atoms with E-state index in [0.717, 1.165) is 16.6 Å². The number of aryl methyl sites for hydroxylation is 1. The van der Waals surface area contributed by atoms with Gasteiger partial charge in [-0.15, -0.1) is 0 Å². The van der Waals surface area contributed by atoms with Crippen LogP contribution < -0.4 is 9.88 Å². The van der Waals surface area contributed by atoms with Crippen molar-refractivity contribution in [2.45, 2.75) is 19.2 Å². The minimum atomic E-state index is -1.10. The van der Waals surface area contributed by atoms with E-state index >= 15 is 0 Å². The van der Waals surface area contributed by atoms with Crippen LogP contribution >= 0.6 is 0 Å². The van der Waals surface area contributed by atoms with Gasteiger partial charge in [-0.3, -0.25) is 4.79 Å². The van der Waals surface area contributed by atoms with E-state index in [1.165, 1.54) is 0 Å². The number of hydrogen-bond acceptors (Lipinski definition) is 4. The second kappa shape index (κ2) is 8.46. The van der Waals surface area contributed by atoms with Crippen LogP contribution in [-0.4, -0.2) is 34.2 Å². The first-order chi connectivity index (χ1) is 13.1. The van der Waals surface area contributed by atoms with E-state index in [9.17, 15) is 14.7 Å². The molecular formula is C20H22N3O4+. The number of esters is 1. The van der Waals surface area contributed by atoms with Gasteiger partial charge in [0.1, 0.15) is 6.61 Å². The lowest BCUT2D eigenvalue weighted by atomic mass is 10.2. The number of ether oxygens (including phenoxy) is 1. The maximum atomic E-state index is 12.4. The Labute approximate surface area is 156 Å². The number of hydrogen-bond donors (Lipinski definition) is 2. The maximum absolute atomic E-state index is 12.4. The van der Waals surface area contributed by atoms with Crippen LogP contribution in [0.2, 0.25) is 0 Å². The molecule has 1 amide bonds. The topological polar surface area (TPSA) is 84.4 Å². The molecule has 0 aliphatic heterocycles. The van der Waals surface area contributed by atoms with Crippen molar-refractivity contribution in [3.8, 4) is 0 Å². The molecule has 0 spiro atoms. The molecule has 27 heavy (non-hydrogen) atoms. The van der Waals surface area contributed by atoms with E-state index < -0.39 is 18.6 Å². The molecule has 1 aromatic heterocycles. The highest BCUT2D eigenvalue weighted by Crippen LogP contribution is 2.10. The van der Waals surface area contributed by atoms with Crippen LogP contribution in [-0.2, 0) is 34.5 Å². The molecule has 3 aromatic rings. The number of aliphatic hydroxyl groups is 1. The van der Waals surface area contributed by atoms with Crippen LogP contribution in [0.4, 0.5) is 0 Å². The van der Waals surface area contributed by atoms with Gasteiger partial charge in [0.25, 0.3) is 5.91 Å². The predicted molar refractivity (Wildman–Crippen MR) is 98.4 cm³/mol. The Hall–Kier alpha value is -3.19. The molecule has 0 fully saturated rings. The highest BCUT2D eigenvalue weighted by molar-refractivity contribution is 5.85. The van der Waals surface area contributed by atoms with Gasteiger partial charge in [-0.05, 0) is 17.7 Å². The SMILES string of the molecule is C[n+]1cn(CC(=O)N[C@@H](CO)C(=O)OCc2ccccc2)c2ccccc21. The van der Waals surface area contributed by atoms with Gasteiger partial charge in [0, 0.05) is 0 Å². The van der Waals surface area contributed by atoms with Gasteiger partial charge >= 0.3 is 5.97 Å². The number of imidazole rings is 1. The van der Waals surface area contributed by atoms with Crippen molar-refractivity contribution in [2.75, 3.05) is 6.61 Å². The number of carbonyl (C=O) groups is 2. The summed E-state index contributed by atoms with van der Waals surface area (Å²) in [6, 6.07) is 15.8. The summed E-state index contributed by atoms with van der Waals surface area (Å²) in [5.41, 5.74) is 2.73. The Morgan fingerprint density at radius 3 is 2.59 bits per heavy atom. The van der Waals surface area contributed by atoms with Crippen LogP contribution in [0.3, 0.4) is 0 Å². The second-order valence-electron chi connectivity index (χ2n) is 6.24. The van der Waals surface area contributed by atoms with Crippen LogP contribution in [0.25, 0.3) is 11.0 Å². The van der Waals surface area contributed by atoms with Gasteiger partial charge in [-0.25, -0.2) is 13.9 Å². The Bertz CT molecular complexity index is 937. The normalized spacial score (nSPS) is 11.9. The predicted octanol–water partition coefficient (Wildman–Crippen LogP) is 0.686. The fourth-order valence-corrected chi connectivity index (χ4v) is 2.87. The average Bonchev–Trinajstić information content (AvgIpc) is 3.01. The average molecular weight is 368 g/mol. The number of fused-ring (bicyclic) bond motifs is 1. The summed E-state index contributed by atoms with van der Waals surface area (Å²) in [6.45, 7) is -0.409. The summed E-state index contributed by atoms with van der Waals surface area (Å²) in [6.07, 6.45) is 1.81. The molecule has 7 nitrogen and oxygen atoms in total. The lowest BCUT2D eigenvalue weighted by Gasteiger charge is -2.15. The van der Waals surface area contributed by atoms with Crippen LogP contribution in [0.15, 0.2) is 60.9 Å². The molecular weight excluding hydrogens is 346 g/mol. The van der Waals surface area contributed by atoms with E-state index in [0.29, 0.717) is 0 Å². The number of benzene rings is 2. The summed E-state index contributed by atoms with van der Waals surface area (Å²) in [7, 11) is 1.90. The second-order valence-corrected chi connectivity index (χ2v) is 6.24. The number of amides is 1. The Morgan fingerprint density at radius 1 is 1.15 bits per heavy atom. The minimum Gasteiger partial charge on any atom is -0.459 e. The number of aromatic nitrogens is 2. The minimum absolute atomic E-state index is 0.0316. The van der Waals surface area contributed by atoms with E-state index in [4.69, 9.17) is 4.74 Å². The summed E-state index contributed by atoms with van der Waals surface area (Å²) in [5.74, 6) is -1.05. The van der Waals surface area contributed by atoms with Crippen LogP contribution in [0.5, 0.6) is 0 Å². The number of nitrogens with zero attached hydrogens (tertiary/aromatic N) is 2. The smallest absolute Gasteiger partial charge is 0.331 e. The van der Waals surface area contributed by atoms with Crippen LogP contribution in [0.1, 0.15) is 5.56 Å². The fourth-order valence-electron chi connectivity index (χ4n) is 2.87. The number of carbonyl (C=O) groups excluding carboxylic acids is 2. The van der Waals surface area contributed by atoms with Crippen molar-refractivity contribution in [1.29, 1.82) is 0 Å². The Kier molecular flexibility index (Phi) is 5.83. The first kappa shape index (κ1) is 18.6. The summed E-state index contributed by atoms with van der Waals surface area (Å²) in [4.78, 5) is 24.5. The molecule has 1 heterocycles. The van der Waals surface area contributed by atoms with Crippen molar-refractivity contribution in [3.05, 3.63) is 66.5 Å².